The smallest absolute Gasteiger partial charge is 0.0542 e. The zero-order valence-electron chi connectivity index (χ0n) is 17.6. The van der Waals surface area contributed by atoms with Crippen molar-refractivity contribution >= 4 is 33.2 Å². The Kier molecular flexibility index (Phi) is 4.47. The van der Waals surface area contributed by atoms with Gasteiger partial charge in [0.1, 0.15) is 0 Å². The Labute approximate surface area is 187 Å². The summed E-state index contributed by atoms with van der Waals surface area (Å²) in [5.41, 5.74) is 8.19. The van der Waals surface area contributed by atoms with E-state index in [2.05, 4.69) is 131 Å². The maximum absolute atomic E-state index is 3.61. The number of nitrogens with zero attached hydrogens (tertiary/aromatic N) is 1. The van der Waals surface area contributed by atoms with Crippen LogP contribution in [0.15, 0.2) is 127 Å². The summed E-state index contributed by atoms with van der Waals surface area (Å²) in [5.74, 6) is 0. The Hall–Kier alpha value is -4.30. The maximum atomic E-state index is 3.61. The first-order valence-corrected chi connectivity index (χ1v) is 10.9. The fraction of sp³-hybridized carbons (Fsp3) is 0. The molecule has 0 radical (unpaired) electrons. The summed E-state index contributed by atoms with van der Waals surface area (Å²) in [7, 11) is 0. The van der Waals surface area contributed by atoms with Crippen molar-refractivity contribution in [2.45, 2.75) is 0 Å². The molecule has 2 heteroatoms. The molecule has 0 aliphatic heterocycles. The lowest BCUT2D eigenvalue weighted by Gasteiger charge is -2.10. The average Bonchev–Trinajstić information content (AvgIpc) is 3.19. The number of fused-ring (bicyclic) bond motifs is 3. The Morgan fingerprint density at radius 2 is 1.09 bits per heavy atom. The first-order valence-electron chi connectivity index (χ1n) is 10.9. The lowest BCUT2D eigenvalue weighted by Crippen LogP contribution is -1.94. The SMILES string of the molecule is c1ccc(-c2cccc(Nc3ccc4c(c3)c3ccccc3n4-c3ccccc3)c2)cc1. The van der Waals surface area contributed by atoms with Gasteiger partial charge in [0, 0.05) is 27.8 Å². The Morgan fingerprint density at radius 1 is 0.438 bits per heavy atom. The number of aromatic nitrogens is 1. The van der Waals surface area contributed by atoms with E-state index in [-0.39, 0.29) is 0 Å². The molecule has 32 heavy (non-hydrogen) atoms. The average molecular weight is 411 g/mol. The summed E-state index contributed by atoms with van der Waals surface area (Å²) in [4.78, 5) is 0. The summed E-state index contributed by atoms with van der Waals surface area (Å²) in [5, 5.41) is 6.11. The number of hydrogen-bond donors (Lipinski definition) is 1. The molecule has 0 spiro atoms. The minimum Gasteiger partial charge on any atom is -0.355 e. The molecule has 0 aliphatic rings. The highest BCUT2D eigenvalue weighted by molar-refractivity contribution is 6.10. The van der Waals surface area contributed by atoms with Crippen LogP contribution in [0, 0.1) is 0 Å². The molecule has 152 valence electrons. The number of rotatable bonds is 4. The standard InChI is InChI=1S/C30H22N2/c1-3-10-22(11-4-1)23-12-9-13-24(20-23)31-25-18-19-30-28(21-25)27-16-7-8-17-29(27)32(30)26-14-5-2-6-15-26/h1-21,31H. The van der Waals surface area contributed by atoms with Gasteiger partial charge in [-0.15, -0.1) is 0 Å². The molecule has 1 N–H and O–H groups in total. The Balaban J connectivity index is 1.44. The molecule has 0 saturated carbocycles. The first kappa shape index (κ1) is 18.5. The van der Waals surface area contributed by atoms with Gasteiger partial charge in [0.25, 0.3) is 0 Å². The quantitative estimate of drug-likeness (QED) is 0.310. The van der Waals surface area contributed by atoms with Crippen LogP contribution in [0.25, 0.3) is 38.6 Å². The lowest BCUT2D eigenvalue weighted by atomic mass is 10.1. The van der Waals surface area contributed by atoms with Crippen LogP contribution >= 0.6 is 0 Å². The fourth-order valence-corrected chi connectivity index (χ4v) is 4.48. The van der Waals surface area contributed by atoms with Crippen LogP contribution < -0.4 is 5.32 Å². The van der Waals surface area contributed by atoms with Gasteiger partial charge in [-0.25, -0.2) is 0 Å². The van der Waals surface area contributed by atoms with E-state index < -0.39 is 0 Å². The van der Waals surface area contributed by atoms with Gasteiger partial charge in [-0.1, -0.05) is 78.9 Å². The zero-order chi connectivity index (χ0) is 21.3. The zero-order valence-corrected chi connectivity index (χ0v) is 17.6. The van der Waals surface area contributed by atoms with E-state index in [1.165, 1.54) is 38.6 Å². The lowest BCUT2D eigenvalue weighted by molar-refractivity contribution is 1.18. The maximum Gasteiger partial charge on any atom is 0.0542 e. The van der Waals surface area contributed by atoms with Crippen molar-refractivity contribution in [1.82, 2.24) is 4.57 Å². The van der Waals surface area contributed by atoms with Gasteiger partial charge in [0.05, 0.1) is 11.0 Å². The highest BCUT2D eigenvalue weighted by Gasteiger charge is 2.12. The molecular weight excluding hydrogens is 388 g/mol. The minimum absolute atomic E-state index is 1.08. The van der Waals surface area contributed by atoms with Crippen LogP contribution in [0.2, 0.25) is 0 Å². The largest absolute Gasteiger partial charge is 0.355 e. The number of benzene rings is 5. The van der Waals surface area contributed by atoms with Gasteiger partial charge in [-0.2, -0.15) is 0 Å². The van der Waals surface area contributed by atoms with Crippen molar-refractivity contribution in [3.05, 3.63) is 127 Å². The van der Waals surface area contributed by atoms with Gasteiger partial charge in [0.2, 0.25) is 0 Å². The van der Waals surface area contributed by atoms with Gasteiger partial charge in [0.15, 0.2) is 0 Å². The molecule has 0 amide bonds. The second-order valence-electron chi connectivity index (χ2n) is 7.99. The summed E-state index contributed by atoms with van der Waals surface area (Å²) < 4.78 is 2.34. The van der Waals surface area contributed by atoms with E-state index >= 15 is 0 Å². The number of hydrogen-bond acceptors (Lipinski definition) is 1. The highest BCUT2D eigenvalue weighted by atomic mass is 15.0. The predicted octanol–water partition coefficient (Wildman–Crippen LogP) is 8.19. The van der Waals surface area contributed by atoms with E-state index in [4.69, 9.17) is 0 Å². The van der Waals surface area contributed by atoms with Crippen LogP contribution in [-0.4, -0.2) is 4.57 Å². The van der Waals surface area contributed by atoms with Crippen molar-refractivity contribution in [3.63, 3.8) is 0 Å². The van der Waals surface area contributed by atoms with Gasteiger partial charge < -0.3 is 9.88 Å². The van der Waals surface area contributed by atoms with Crippen molar-refractivity contribution in [3.8, 4) is 16.8 Å². The molecule has 6 aromatic rings. The molecule has 1 heterocycles. The van der Waals surface area contributed by atoms with Gasteiger partial charge in [-0.05, 0) is 59.7 Å². The third kappa shape index (κ3) is 3.23. The van der Waals surface area contributed by atoms with Crippen LogP contribution in [0.3, 0.4) is 0 Å². The molecule has 0 aliphatic carbocycles. The van der Waals surface area contributed by atoms with Crippen molar-refractivity contribution in [1.29, 1.82) is 0 Å². The molecule has 1 aromatic heterocycles. The van der Waals surface area contributed by atoms with Gasteiger partial charge >= 0.3 is 0 Å². The predicted molar refractivity (Wildman–Crippen MR) is 136 cm³/mol. The summed E-state index contributed by atoms with van der Waals surface area (Å²) in [6.45, 7) is 0. The third-order valence-corrected chi connectivity index (χ3v) is 5.95. The van der Waals surface area contributed by atoms with E-state index in [9.17, 15) is 0 Å². The number of para-hydroxylation sites is 2. The second-order valence-corrected chi connectivity index (χ2v) is 7.99. The van der Waals surface area contributed by atoms with E-state index in [0.29, 0.717) is 0 Å². The first-order chi connectivity index (χ1) is 15.9. The topological polar surface area (TPSA) is 17.0 Å². The van der Waals surface area contributed by atoms with Crippen molar-refractivity contribution in [2.24, 2.45) is 0 Å². The number of nitrogens with one attached hydrogen (secondary N) is 1. The van der Waals surface area contributed by atoms with Crippen LogP contribution in [0.1, 0.15) is 0 Å². The van der Waals surface area contributed by atoms with Crippen molar-refractivity contribution in [2.75, 3.05) is 5.32 Å². The molecule has 5 aromatic carbocycles. The van der Waals surface area contributed by atoms with Crippen LogP contribution in [-0.2, 0) is 0 Å². The molecule has 0 atom stereocenters. The monoisotopic (exact) mass is 410 g/mol. The molecular formula is C30H22N2. The summed E-state index contributed by atoms with van der Waals surface area (Å²) >= 11 is 0. The van der Waals surface area contributed by atoms with Crippen molar-refractivity contribution < 1.29 is 0 Å². The minimum atomic E-state index is 1.08. The number of anilines is 2. The van der Waals surface area contributed by atoms with Crippen LogP contribution in [0.5, 0.6) is 0 Å². The van der Waals surface area contributed by atoms with Gasteiger partial charge in [-0.3, -0.25) is 0 Å². The molecule has 2 nitrogen and oxygen atoms in total. The van der Waals surface area contributed by atoms with Crippen LogP contribution in [0.4, 0.5) is 11.4 Å². The highest BCUT2D eigenvalue weighted by Crippen LogP contribution is 2.34. The van der Waals surface area contributed by atoms with E-state index in [0.717, 1.165) is 11.4 Å². The summed E-state index contributed by atoms with van der Waals surface area (Å²) in [6.07, 6.45) is 0. The molecule has 0 fully saturated rings. The Morgan fingerprint density at radius 3 is 1.94 bits per heavy atom. The molecule has 6 rings (SSSR count). The summed E-state index contributed by atoms with van der Waals surface area (Å²) in [6, 6.07) is 44.9. The fourth-order valence-electron chi connectivity index (χ4n) is 4.48. The molecule has 0 saturated heterocycles. The third-order valence-electron chi connectivity index (χ3n) is 5.95. The van der Waals surface area contributed by atoms with E-state index in [1.807, 2.05) is 6.07 Å². The Bertz CT molecular complexity index is 1530. The molecule has 0 unspecified atom stereocenters. The second kappa shape index (κ2) is 7.75. The molecule has 0 bridgehead atoms. The van der Waals surface area contributed by atoms with E-state index in [1.54, 1.807) is 0 Å². The normalized spacial score (nSPS) is 11.1.